The van der Waals surface area contributed by atoms with Crippen LogP contribution in [0.2, 0.25) is 0 Å². The predicted molar refractivity (Wildman–Crippen MR) is 59.2 cm³/mol. The van der Waals surface area contributed by atoms with Gasteiger partial charge in [-0.1, -0.05) is 12.1 Å². The standard InChI is InChI=1S/C12H9NS/c1-9-6-12(14-8-9)11-4-2-10(7-13)3-5-11/h2-6,8H,1H3. The Kier molecular flexibility index (Phi) is 2.34. The minimum Gasteiger partial charge on any atom is -0.192 e. The van der Waals surface area contributed by atoms with E-state index < -0.39 is 0 Å². The molecule has 2 heteroatoms. The summed E-state index contributed by atoms with van der Waals surface area (Å²) in [6.07, 6.45) is 0. The van der Waals surface area contributed by atoms with E-state index >= 15 is 0 Å². The molecule has 1 aromatic carbocycles. The summed E-state index contributed by atoms with van der Waals surface area (Å²) in [7, 11) is 0. The van der Waals surface area contributed by atoms with E-state index in [1.807, 2.05) is 24.3 Å². The first-order chi connectivity index (χ1) is 6.79. The molecule has 0 aliphatic carbocycles. The first kappa shape index (κ1) is 8.98. The van der Waals surface area contributed by atoms with Crippen LogP contribution in [-0.4, -0.2) is 0 Å². The van der Waals surface area contributed by atoms with Gasteiger partial charge in [0.15, 0.2) is 0 Å². The molecule has 0 saturated heterocycles. The highest BCUT2D eigenvalue weighted by Gasteiger charge is 1.99. The molecule has 14 heavy (non-hydrogen) atoms. The van der Waals surface area contributed by atoms with Crippen LogP contribution in [0.1, 0.15) is 11.1 Å². The monoisotopic (exact) mass is 199 g/mol. The van der Waals surface area contributed by atoms with E-state index in [-0.39, 0.29) is 0 Å². The average Bonchev–Trinajstić information content (AvgIpc) is 2.65. The lowest BCUT2D eigenvalue weighted by molar-refractivity contribution is 1.48. The fourth-order valence-corrected chi connectivity index (χ4v) is 2.20. The molecule has 1 aromatic heterocycles. The summed E-state index contributed by atoms with van der Waals surface area (Å²) in [4.78, 5) is 1.26. The molecule has 0 spiro atoms. The Morgan fingerprint density at radius 3 is 2.43 bits per heavy atom. The lowest BCUT2D eigenvalue weighted by Gasteiger charge is -1.95. The molecule has 0 saturated carbocycles. The first-order valence-electron chi connectivity index (χ1n) is 4.35. The Morgan fingerprint density at radius 1 is 1.21 bits per heavy atom. The Labute approximate surface area is 87.3 Å². The van der Waals surface area contributed by atoms with Gasteiger partial charge in [-0.2, -0.15) is 5.26 Å². The molecule has 2 aromatic rings. The van der Waals surface area contributed by atoms with E-state index in [4.69, 9.17) is 5.26 Å². The van der Waals surface area contributed by atoms with Crippen molar-refractivity contribution in [2.45, 2.75) is 6.92 Å². The van der Waals surface area contributed by atoms with Crippen molar-refractivity contribution in [1.29, 1.82) is 5.26 Å². The van der Waals surface area contributed by atoms with Gasteiger partial charge in [0, 0.05) is 4.88 Å². The third-order valence-corrected chi connectivity index (χ3v) is 3.13. The molecule has 1 heterocycles. The number of hydrogen-bond donors (Lipinski definition) is 0. The summed E-state index contributed by atoms with van der Waals surface area (Å²) in [5.41, 5.74) is 3.18. The largest absolute Gasteiger partial charge is 0.192 e. The lowest BCUT2D eigenvalue weighted by atomic mass is 10.1. The summed E-state index contributed by atoms with van der Waals surface area (Å²) in [5, 5.41) is 10.8. The summed E-state index contributed by atoms with van der Waals surface area (Å²) < 4.78 is 0. The van der Waals surface area contributed by atoms with Crippen LogP contribution in [0, 0.1) is 18.3 Å². The van der Waals surface area contributed by atoms with Gasteiger partial charge in [-0.25, -0.2) is 0 Å². The van der Waals surface area contributed by atoms with Crippen molar-refractivity contribution in [3.05, 3.63) is 46.8 Å². The Hall–Kier alpha value is -1.59. The van der Waals surface area contributed by atoms with Gasteiger partial charge >= 0.3 is 0 Å². The number of rotatable bonds is 1. The normalized spacial score (nSPS) is 9.71. The van der Waals surface area contributed by atoms with E-state index in [9.17, 15) is 0 Å². The lowest BCUT2D eigenvalue weighted by Crippen LogP contribution is -1.74. The van der Waals surface area contributed by atoms with Crippen LogP contribution >= 0.6 is 11.3 Å². The second kappa shape index (κ2) is 3.65. The van der Waals surface area contributed by atoms with Crippen LogP contribution in [0.5, 0.6) is 0 Å². The van der Waals surface area contributed by atoms with Crippen molar-refractivity contribution in [2.24, 2.45) is 0 Å². The second-order valence-electron chi connectivity index (χ2n) is 3.18. The second-order valence-corrected chi connectivity index (χ2v) is 4.09. The van der Waals surface area contributed by atoms with Crippen molar-refractivity contribution >= 4 is 11.3 Å². The molecule has 2 rings (SSSR count). The maximum absolute atomic E-state index is 8.66. The Balaban J connectivity index is 2.39. The number of hydrogen-bond acceptors (Lipinski definition) is 2. The van der Waals surface area contributed by atoms with Gasteiger partial charge in [0.05, 0.1) is 11.6 Å². The Morgan fingerprint density at radius 2 is 1.93 bits per heavy atom. The molecule has 0 radical (unpaired) electrons. The molecule has 0 atom stereocenters. The quantitative estimate of drug-likeness (QED) is 0.688. The molecule has 0 unspecified atom stereocenters. The van der Waals surface area contributed by atoms with Gasteiger partial charge in [-0.15, -0.1) is 11.3 Å². The fraction of sp³-hybridized carbons (Fsp3) is 0.0833. The summed E-state index contributed by atoms with van der Waals surface area (Å²) in [6, 6.07) is 12.0. The van der Waals surface area contributed by atoms with Crippen LogP contribution in [0.3, 0.4) is 0 Å². The highest BCUT2D eigenvalue weighted by atomic mass is 32.1. The van der Waals surface area contributed by atoms with E-state index in [1.165, 1.54) is 16.0 Å². The van der Waals surface area contributed by atoms with Crippen LogP contribution in [0.25, 0.3) is 10.4 Å². The third kappa shape index (κ3) is 1.68. The van der Waals surface area contributed by atoms with Gasteiger partial charge < -0.3 is 0 Å². The number of nitrogens with zero attached hydrogens (tertiary/aromatic N) is 1. The topological polar surface area (TPSA) is 23.8 Å². The molecule has 0 aliphatic heterocycles. The number of nitriles is 1. The summed E-state index contributed by atoms with van der Waals surface area (Å²) in [6.45, 7) is 2.09. The van der Waals surface area contributed by atoms with Crippen molar-refractivity contribution < 1.29 is 0 Å². The van der Waals surface area contributed by atoms with E-state index in [0.717, 1.165) is 0 Å². The SMILES string of the molecule is Cc1csc(-c2ccc(C#N)cc2)c1. The molecule has 0 bridgehead atoms. The van der Waals surface area contributed by atoms with Gasteiger partial charge in [0.25, 0.3) is 0 Å². The highest BCUT2D eigenvalue weighted by molar-refractivity contribution is 7.13. The number of thiophene rings is 1. The number of benzene rings is 1. The van der Waals surface area contributed by atoms with Crippen LogP contribution in [0.15, 0.2) is 35.7 Å². The molecule has 0 N–H and O–H groups in total. The molecule has 0 aliphatic rings. The molecular weight excluding hydrogens is 190 g/mol. The van der Waals surface area contributed by atoms with E-state index in [2.05, 4.69) is 24.4 Å². The summed E-state index contributed by atoms with van der Waals surface area (Å²) >= 11 is 1.73. The third-order valence-electron chi connectivity index (χ3n) is 2.03. The predicted octanol–water partition coefficient (Wildman–Crippen LogP) is 3.60. The van der Waals surface area contributed by atoms with Crippen molar-refractivity contribution in [2.75, 3.05) is 0 Å². The van der Waals surface area contributed by atoms with Crippen LogP contribution in [-0.2, 0) is 0 Å². The molecule has 1 nitrogen and oxygen atoms in total. The number of aryl methyl sites for hydroxylation is 1. The fourth-order valence-electron chi connectivity index (χ4n) is 1.29. The zero-order valence-electron chi connectivity index (χ0n) is 7.82. The highest BCUT2D eigenvalue weighted by Crippen LogP contribution is 2.26. The van der Waals surface area contributed by atoms with Gasteiger partial charge in [0.1, 0.15) is 0 Å². The minimum absolute atomic E-state index is 0.710. The zero-order chi connectivity index (χ0) is 9.97. The molecule has 0 amide bonds. The van der Waals surface area contributed by atoms with Crippen molar-refractivity contribution in [1.82, 2.24) is 0 Å². The maximum Gasteiger partial charge on any atom is 0.0991 e. The van der Waals surface area contributed by atoms with E-state index in [1.54, 1.807) is 11.3 Å². The van der Waals surface area contributed by atoms with E-state index in [0.29, 0.717) is 5.56 Å². The average molecular weight is 199 g/mol. The smallest absolute Gasteiger partial charge is 0.0991 e. The van der Waals surface area contributed by atoms with Crippen molar-refractivity contribution in [3.8, 4) is 16.5 Å². The summed E-state index contributed by atoms with van der Waals surface area (Å²) in [5.74, 6) is 0. The van der Waals surface area contributed by atoms with Gasteiger partial charge in [-0.3, -0.25) is 0 Å². The first-order valence-corrected chi connectivity index (χ1v) is 5.23. The van der Waals surface area contributed by atoms with Crippen molar-refractivity contribution in [3.63, 3.8) is 0 Å². The maximum atomic E-state index is 8.66. The Bertz CT molecular complexity index is 474. The zero-order valence-corrected chi connectivity index (χ0v) is 8.64. The van der Waals surface area contributed by atoms with Crippen LogP contribution < -0.4 is 0 Å². The van der Waals surface area contributed by atoms with Gasteiger partial charge in [-0.05, 0) is 41.6 Å². The molecule has 68 valence electrons. The minimum atomic E-state index is 0.710. The molecular formula is C12H9NS. The molecule has 0 fully saturated rings. The van der Waals surface area contributed by atoms with Crippen LogP contribution in [0.4, 0.5) is 0 Å². The van der Waals surface area contributed by atoms with Gasteiger partial charge in [0.2, 0.25) is 0 Å².